The van der Waals surface area contributed by atoms with Crippen LogP contribution in [0, 0.1) is 22.7 Å². The maximum absolute atomic E-state index is 15.3. The number of carbonyl (C=O) groups excluding carboxylic acids is 1. The smallest absolute Gasteiger partial charge is 0.316 e. The Morgan fingerprint density at radius 2 is 1.88 bits per heavy atom. The summed E-state index contributed by atoms with van der Waals surface area (Å²) in [5.74, 6) is -3.31. The van der Waals surface area contributed by atoms with E-state index in [1.807, 2.05) is 13.8 Å². The van der Waals surface area contributed by atoms with Gasteiger partial charge in [-0.15, -0.1) is 0 Å². The van der Waals surface area contributed by atoms with E-state index in [2.05, 4.69) is 0 Å². The topological polar surface area (TPSA) is 122 Å². The molecule has 2 N–H and O–H groups in total. The number of halogens is 2. The Morgan fingerprint density at radius 1 is 1.31 bits per heavy atom. The molecule has 2 saturated carbocycles. The average molecular weight is 503 g/mol. The monoisotopic (exact) mass is 502 g/mol. The lowest BCUT2D eigenvalue weighted by molar-refractivity contribution is -0.140. The minimum Gasteiger partial charge on any atom is -0.316 e. The van der Waals surface area contributed by atoms with E-state index in [-0.39, 0.29) is 30.3 Å². The minimum atomic E-state index is -5.01. The number of amides is 1. The van der Waals surface area contributed by atoms with E-state index in [4.69, 9.17) is 9.05 Å². The summed E-state index contributed by atoms with van der Waals surface area (Å²) in [6.07, 6.45) is 1.94. The summed E-state index contributed by atoms with van der Waals surface area (Å²) in [4.78, 5) is 13.4. The maximum Gasteiger partial charge on any atom is 0.399 e. The van der Waals surface area contributed by atoms with Crippen LogP contribution in [0.25, 0.3) is 0 Å². The molecule has 1 amide bonds. The number of alkyl halides is 2. The molecule has 1 saturated heterocycles. The van der Waals surface area contributed by atoms with Gasteiger partial charge < -0.3 is 14.3 Å². The minimum absolute atomic E-state index is 0.217. The van der Waals surface area contributed by atoms with Gasteiger partial charge in [0.1, 0.15) is 6.04 Å². The van der Waals surface area contributed by atoms with Gasteiger partial charge in [0.15, 0.2) is 0 Å². The number of hydrogen-bond acceptors (Lipinski definition) is 8. The highest BCUT2D eigenvalue weighted by Crippen LogP contribution is 2.70. The van der Waals surface area contributed by atoms with Gasteiger partial charge in [-0.05, 0) is 44.4 Å². The Balaban J connectivity index is 1.96. The predicted molar refractivity (Wildman–Crippen MR) is 112 cm³/mol. The quantitative estimate of drug-likeness (QED) is 0.364. The Kier molecular flexibility index (Phi) is 6.68. The fourth-order valence-corrected chi connectivity index (χ4v) is 10.4. The summed E-state index contributed by atoms with van der Waals surface area (Å²) in [5.41, 5.74) is -3.59. The zero-order chi connectivity index (χ0) is 24.3. The normalized spacial score (nSPS) is 32.7. The second-order valence-electron chi connectivity index (χ2n) is 9.57. The number of rotatable bonds is 9. The van der Waals surface area contributed by atoms with Crippen LogP contribution in [0.1, 0.15) is 53.9 Å². The molecule has 9 nitrogen and oxygen atoms in total. The molecule has 32 heavy (non-hydrogen) atoms. The molecule has 2 aliphatic carbocycles. The lowest BCUT2D eigenvalue weighted by Gasteiger charge is -2.38. The van der Waals surface area contributed by atoms with E-state index >= 15 is 8.78 Å². The molecular weight excluding hydrogens is 469 g/mol. The van der Waals surface area contributed by atoms with Crippen LogP contribution in [0.5, 0.6) is 0 Å². The van der Waals surface area contributed by atoms with Crippen LogP contribution in [0.15, 0.2) is 0 Å². The summed E-state index contributed by atoms with van der Waals surface area (Å²) < 4.78 is 79.7. The first-order valence-corrected chi connectivity index (χ1v) is 14.0. The fourth-order valence-electron chi connectivity index (χ4n) is 6.10. The van der Waals surface area contributed by atoms with E-state index in [0.29, 0.717) is 17.1 Å². The first-order chi connectivity index (χ1) is 14.7. The highest BCUT2D eigenvalue weighted by atomic mass is 32.2. The zero-order valence-corrected chi connectivity index (χ0v) is 20.7. The first kappa shape index (κ1) is 26.0. The molecule has 13 heteroatoms. The van der Waals surface area contributed by atoms with E-state index < -0.39 is 52.6 Å². The average Bonchev–Trinajstić information content (AvgIpc) is 3.16. The van der Waals surface area contributed by atoms with Gasteiger partial charge in [-0.3, -0.25) is 9.36 Å². The van der Waals surface area contributed by atoms with Crippen molar-refractivity contribution in [3.05, 3.63) is 0 Å². The highest BCUT2D eigenvalue weighted by Gasteiger charge is 2.73. The van der Waals surface area contributed by atoms with Gasteiger partial charge >= 0.3 is 13.3 Å². The van der Waals surface area contributed by atoms with Crippen LogP contribution < -0.4 is 5.48 Å². The van der Waals surface area contributed by atoms with E-state index in [9.17, 15) is 23.0 Å². The van der Waals surface area contributed by atoms with E-state index in [1.165, 1.54) is 13.8 Å². The van der Waals surface area contributed by atoms with Crippen LogP contribution in [0.4, 0.5) is 8.78 Å². The van der Waals surface area contributed by atoms with Crippen molar-refractivity contribution < 1.29 is 40.8 Å². The van der Waals surface area contributed by atoms with Crippen molar-refractivity contribution in [2.24, 2.45) is 22.7 Å². The lowest BCUT2D eigenvalue weighted by atomic mass is 9.69. The van der Waals surface area contributed by atoms with Crippen molar-refractivity contribution in [3.63, 3.8) is 0 Å². The van der Waals surface area contributed by atoms with Gasteiger partial charge in [0.05, 0.1) is 30.9 Å². The molecular formula is C19H33F2N2O7PS. The van der Waals surface area contributed by atoms with Gasteiger partial charge in [-0.1, -0.05) is 20.8 Å². The molecule has 0 aromatic heterocycles. The molecule has 3 rings (SSSR count). The van der Waals surface area contributed by atoms with Gasteiger partial charge in [0.2, 0.25) is 10.0 Å². The summed E-state index contributed by atoms with van der Waals surface area (Å²) in [6.45, 7) is 6.97. The summed E-state index contributed by atoms with van der Waals surface area (Å²) in [5, 5.41) is 9.66. The van der Waals surface area contributed by atoms with Gasteiger partial charge in [-0.2, -0.15) is 14.3 Å². The number of hydroxylamine groups is 1. The van der Waals surface area contributed by atoms with Crippen molar-refractivity contribution in [3.8, 4) is 0 Å². The van der Waals surface area contributed by atoms with Crippen molar-refractivity contribution in [1.29, 1.82) is 0 Å². The molecule has 186 valence electrons. The molecule has 2 bridgehead atoms. The molecule has 0 aromatic rings. The second kappa shape index (κ2) is 8.23. The molecule has 3 fully saturated rings. The standard InChI is InChI=1S/C19H33F2N2O7PS/c1-6-29-31(26,30-7-2)19(20,21)12(3)15(22-25)16(24)23-14-10-13-8-9-18(14,17(13,4)5)11-32(23,27)28/h12-15,22,25H,6-11H2,1-5H3/t12-,13-,14+,15-,18-/m1/s1. The van der Waals surface area contributed by atoms with Crippen molar-refractivity contribution in [2.45, 2.75) is 71.6 Å². The van der Waals surface area contributed by atoms with Crippen LogP contribution in [-0.4, -0.2) is 60.6 Å². The molecule has 3 aliphatic rings. The van der Waals surface area contributed by atoms with Crippen LogP contribution in [-0.2, 0) is 28.4 Å². The van der Waals surface area contributed by atoms with Gasteiger partial charge in [0, 0.05) is 5.41 Å². The molecule has 0 radical (unpaired) electrons. The van der Waals surface area contributed by atoms with E-state index in [1.54, 1.807) is 5.48 Å². The zero-order valence-electron chi connectivity index (χ0n) is 19.0. The number of fused-ring (bicyclic) bond motifs is 1. The van der Waals surface area contributed by atoms with Crippen LogP contribution in [0.3, 0.4) is 0 Å². The second-order valence-corrected chi connectivity index (χ2v) is 13.5. The predicted octanol–water partition coefficient (Wildman–Crippen LogP) is 3.20. The first-order valence-electron chi connectivity index (χ1n) is 10.9. The van der Waals surface area contributed by atoms with Crippen LogP contribution in [0.2, 0.25) is 0 Å². The molecule has 1 heterocycles. The Labute approximate surface area is 187 Å². The Bertz CT molecular complexity index is 905. The van der Waals surface area contributed by atoms with Crippen molar-refractivity contribution in [2.75, 3.05) is 19.0 Å². The number of carbonyl (C=O) groups is 1. The summed E-state index contributed by atoms with van der Waals surface area (Å²) >= 11 is 0. The highest BCUT2D eigenvalue weighted by molar-refractivity contribution is 7.90. The third kappa shape index (κ3) is 3.40. The Morgan fingerprint density at radius 3 is 2.34 bits per heavy atom. The van der Waals surface area contributed by atoms with Crippen molar-refractivity contribution in [1.82, 2.24) is 9.79 Å². The summed E-state index contributed by atoms with van der Waals surface area (Å²) in [7, 11) is -9.10. The van der Waals surface area contributed by atoms with Crippen molar-refractivity contribution >= 4 is 23.5 Å². The summed E-state index contributed by atoms with van der Waals surface area (Å²) in [6, 6.07) is -2.69. The molecule has 0 aromatic carbocycles. The largest absolute Gasteiger partial charge is 0.399 e. The number of hydrogen-bond donors (Lipinski definition) is 2. The lowest BCUT2D eigenvalue weighted by Crippen LogP contribution is -2.56. The number of nitrogens with zero attached hydrogens (tertiary/aromatic N) is 1. The number of nitrogens with one attached hydrogen (secondary N) is 1. The SMILES string of the molecule is CCOP(=O)(OCC)C(F)(F)[C@H](C)[C@@H](NO)C(=O)N1[C@H]2C[C@H]3CC[C@]2(CS1(=O)=O)C3(C)C. The molecule has 0 unspecified atom stereocenters. The number of sulfonamides is 1. The molecule has 1 aliphatic heterocycles. The van der Waals surface area contributed by atoms with Gasteiger partial charge in [-0.25, -0.2) is 12.7 Å². The molecule has 5 atom stereocenters. The third-order valence-corrected chi connectivity index (χ3v) is 12.3. The van der Waals surface area contributed by atoms with Crippen LogP contribution >= 0.6 is 7.60 Å². The van der Waals surface area contributed by atoms with E-state index in [0.717, 1.165) is 13.3 Å². The van der Waals surface area contributed by atoms with Gasteiger partial charge in [0.25, 0.3) is 5.91 Å². The molecule has 1 spiro atoms. The maximum atomic E-state index is 15.3. The Hall–Kier alpha value is -0.650. The third-order valence-electron chi connectivity index (χ3n) is 8.04. The fraction of sp³-hybridized carbons (Fsp3) is 0.947.